The molecule has 0 radical (unpaired) electrons. The second-order valence-corrected chi connectivity index (χ2v) is 7.32. The van der Waals surface area contributed by atoms with Crippen LogP contribution in [0.5, 0.6) is 0 Å². The van der Waals surface area contributed by atoms with Crippen LogP contribution in [0.2, 0.25) is 5.02 Å². The molecule has 3 N–H and O–H groups in total. The summed E-state index contributed by atoms with van der Waals surface area (Å²) >= 11 is 5.88. The zero-order valence-electron chi connectivity index (χ0n) is 16.8. The second-order valence-electron chi connectivity index (χ2n) is 6.88. The van der Waals surface area contributed by atoms with Crippen LogP contribution in [-0.2, 0) is 9.59 Å². The maximum atomic E-state index is 12.6. The van der Waals surface area contributed by atoms with Crippen LogP contribution in [0, 0.1) is 6.92 Å². The number of anilines is 1. The number of carbonyl (C=O) groups excluding carboxylic acids is 3. The van der Waals surface area contributed by atoms with Crippen molar-refractivity contribution in [1.82, 2.24) is 10.6 Å². The van der Waals surface area contributed by atoms with E-state index in [1.165, 1.54) is 25.1 Å². The van der Waals surface area contributed by atoms with Gasteiger partial charge in [-0.25, -0.2) is 0 Å². The molecule has 6 nitrogen and oxygen atoms in total. The molecular formula is C21H21ClF3N3O3. The van der Waals surface area contributed by atoms with Gasteiger partial charge in [-0.1, -0.05) is 29.8 Å². The van der Waals surface area contributed by atoms with E-state index in [9.17, 15) is 27.6 Å². The summed E-state index contributed by atoms with van der Waals surface area (Å²) in [7, 11) is 0. The summed E-state index contributed by atoms with van der Waals surface area (Å²) in [6, 6.07) is 10.2. The van der Waals surface area contributed by atoms with Crippen molar-refractivity contribution in [2.24, 2.45) is 0 Å². The van der Waals surface area contributed by atoms with E-state index in [-0.39, 0.29) is 23.6 Å². The maximum absolute atomic E-state index is 12.6. The van der Waals surface area contributed by atoms with E-state index in [1.54, 1.807) is 36.5 Å². The first-order valence-electron chi connectivity index (χ1n) is 9.22. The molecule has 10 heteroatoms. The first-order valence-corrected chi connectivity index (χ1v) is 9.60. The van der Waals surface area contributed by atoms with Crippen LogP contribution in [0.3, 0.4) is 0 Å². The summed E-state index contributed by atoms with van der Waals surface area (Å²) in [5, 5.41) is 7.63. The number of alkyl halides is 3. The van der Waals surface area contributed by atoms with Gasteiger partial charge in [0.05, 0.1) is 12.5 Å². The normalized spacial score (nSPS) is 12.1. The summed E-state index contributed by atoms with van der Waals surface area (Å²) in [4.78, 5) is 36.1. The van der Waals surface area contributed by atoms with Gasteiger partial charge in [0, 0.05) is 23.2 Å². The zero-order chi connectivity index (χ0) is 23.2. The van der Waals surface area contributed by atoms with E-state index in [0.717, 1.165) is 0 Å². The summed E-state index contributed by atoms with van der Waals surface area (Å²) in [5.74, 6) is -1.69. The third-order valence-electron chi connectivity index (χ3n) is 4.26. The minimum absolute atomic E-state index is 0.0266. The molecule has 1 atom stereocenters. The second kappa shape index (κ2) is 10.3. The Balaban J connectivity index is 2.13. The van der Waals surface area contributed by atoms with E-state index in [1.807, 2.05) is 0 Å². The van der Waals surface area contributed by atoms with Gasteiger partial charge in [0.15, 0.2) is 0 Å². The van der Waals surface area contributed by atoms with Gasteiger partial charge in [-0.15, -0.1) is 0 Å². The number of rotatable bonds is 7. The van der Waals surface area contributed by atoms with Crippen LogP contribution >= 0.6 is 11.6 Å². The van der Waals surface area contributed by atoms with Crippen molar-refractivity contribution in [3.63, 3.8) is 0 Å². The number of carbonyl (C=O) groups is 3. The highest BCUT2D eigenvalue weighted by molar-refractivity contribution is 6.30. The molecule has 0 heterocycles. The van der Waals surface area contributed by atoms with Crippen molar-refractivity contribution in [1.29, 1.82) is 0 Å². The van der Waals surface area contributed by atoms with Crippen molar-refractivity contribution >= 4 is 35.0 Å². The van der Waals surface area contributed by atoms with E-state index in [0.29, 0.717) is 16.1 Å². The molecule has 0 aliphatic heterocycles. The molecule has 166 valence electrons. The third-order valence-corrected chi connectivity index (χ3v) is 4.51. The van der Waals surface area contributed by atoms with E-state index >= 15 is 0 Å². The molecule has 2 aromatic carbocycles. The Bertz CT molecular complexity index is 963. The average molecular weight is 456 g/mol. The van der Waals surface area contributed by atoms with Gasteiger partial charge >= 0.3 is 6.18 Å². The van der Waals surface area contributed by atoms with Gasteiger partial charge in [0.25, 0.3) is 5.91 Å². The number of amides is 3. The fourth-order valence-electron chi connectivity index (χ4n) is 2.76. The highest BCUT2D eigenvalue weighted by atomic mass is 35.5. The molecule has 2 rings (SSSR count). The Hall–Kier alpha value is -3.07. The number of hydrogen-bond acceptors (Lipinski definition) is 3. The molecule has 0 saturated heterocycles. The van der Waals surface area contributed by atoms with E-state index in [4.69, 9.17) is 11.6 Å². The number of aryl methyl sites for hydroxylation is 1. The van der Waals surface area contributed by atoms with Crippen LogP contribution in [-0.4, -0.2) is 30.4 Å². The van der Waals surface area contributed by atoms with Crippen molar-refractivity contribution < 1.29 is 27.6 Å². The van der Waals surface area contributed by atoms with E-state index in [2.05, 4.69) is 10.6 Å². The molecule has 2 aromatic rings. The van der Waals surface area contributed by atoms with Crippen molar-refractivity contribution in [2.45, 2.75) is 32.5 Å². The highest BCUT2D eigenvalue weighted by Crippen LogP contribution is 2.22. The van der Waals surface area contributed by atoms with Crippen molar-refractivity contribution in [3.05, 3.63) is 64.2 Å². The summed E-state index contributed by atoms with van der Waals surface area (Å²) < 4.78 is 36.9. The Morgan fingerprint density at radius 1 is 1.06 bits per heavy atom. The van der Waals surface area contributed by atoms with Gasteiger partial charge < -0.3 is 16.0 Å². The lowest BCUT2D eigenvalue weighted by Crippen LogP contribution is -2.33. The van der Waals surface area contributed by atoms with E-state index < -0.39 is 30.6 Å². The molecule has 0 spiro atoms. The molecule has 0 bridgehead atoms. The number of nitrogens with one attached hydrogen (secondary N) is 3. The standard InChI is InChI=1S/C21H21ClF3N3O3/c1-12-3-4-15(20(31)26-11-21(23,24)25)9-17(12)28-19(30)10-18(27-13(2)29)14-5-7-16(22)8-6-14/h3-9,18H,10-11H2,1-2H3,(H,26,31)(H,27,29)(H,28,30). The van der Waals surface area contributed by atoms with Crippen LogP contribution in [0.1, 0.15) is 40.9 Å². The SMILES string of the molecule is CC(=O)NC(CC(=O)Nc1cc(C(=O)NCC(F)(F)F)ccc1C)c1ccc(Cl)cc1. The van der Waals surface area contributed by atoms with Crippen molar-refractivity contribution in [2.75, 3.05) is 11.9 Å². The Labute approximate surface area is 182 Å². The van der Waals surface area contributed by atoms with Gasteiger partial charge in [-0.2, -0.15) is 13.2 Å². The molecule has 0 fully saturated rings. The van der Waals surface area contributed by atoms with Crippen LogP contribution in [0.15, 0.2) is 42.5 Å². The smallest absolute Gasteiger partial charge is 0.349 e. The fraction of sp³-hybridized carbons (Fsp3) is 0.286. The first-order chi connectivity index (χ1) is 14.4. The first kappa shape index (κ1) is 24.2. The maximum Gasteiger partial charge on any atom is 0.405 e. The molecule has 0 aromatic heterocycles. The van der Waals surface area contributed by atoms with Crippen molar-refractivity contribution in [3.8, 4) is 0 Å². The Morgan fingerprint density at radius 2 is 1.71 bits per heavy atom. The van der Waals surface area contributed by atoms with Gasteiger partial charge in [0.1, 0.15) is 6.54 Å². The lowest BCUT2D eigenvalue weighted by atomic mass is 10.0. The number of benzene rings is 2. The molecule has 0 aliphatic carbocycles. The molecule has 0 saturated carbocycles. The van der Waals surface area contributed by atoms with Crippen LogP contribution in [0.25, 0.3) is 0 Å². The molecule has 31 heavy (non-hydrogen) atoms. The lowest BCUT2D eigenvalue weighted by molar-refractivity contribution is -0.123. The number of halogens is 4. The topological polar surface area (TPSA) is 87.3 Å². The summed E-state index contributed by atoms with van der Waals surface area (Å²) in [5.41, 5.74) is 1.54. The predicted octanol–water partition coefficient (Wildman–Crippen LogP) is 4.15. The highest BCUT2D eigenvalue weighted by Gasteiger charge is 2.28. The van der Waals surface area contributed by atoms with Crippen LogP contribution < -0.4 is 16.0 Å². The number of hydrogen-bond donors (Lipinski definition) is 3. The minimum Gasteiger partial charge on any atom is -0.349 e. The zero-order valence-corrected chi connectivity index (χ0v) is 17.5. The lowest BCUT2D eigenvalue weighted by Gasteiger charge is -2.19. The monoisotopic (exact) mass is 455 g/mol. The molecular weight excluding hydrogens is 435 g/mol. The Kier molecular flexibility index (Phi) is 8.04. The molecule has 1 unspecified atom stereocenters. The van der Waals surface area contributed by atoms with Gasteiger partial charge in [-0.3, -0.25) is 14.4 Å². The summed E-state index contributed by atoms with van der Waals surface area (Å²) in [6.45, 7) is 1.55. The Morgan fingerprint density at radius 3 is 2.29 bits per heavy atom. The molecule has 3 amide bonds. The van der Waals surface area contributed by atoms with Gasteiger partial charge in [0.2, 0.25) is 11.8 Å². The molecule has 0 aliphatic rings. The summed E-state index contributed by atoms with van der Waals surface area (Å²) in [6.07, 6.45) is -4.64. The largest absolute Gasteiger partial charge is 0.405 e. The minimum atomic E-state index is -4.53. The quantitative estimate of drug-likeness (QED) is 0.586. The van der Waals surface area contributed by atoms with Gasteiger partial charge in [-0.05, 0) is 42.3 Å². The fourth-order valence-corrected chi connectivity index (χ4v) is 2.89. The van der Waals surface area contributed by atoms with Crippen LogP contribution in [0.4, 0.5) is 18.9 Å². The average Bonchev–Trinajstić information content (AvgIpc) is 2.67. The predicted molar refractivity (Wildman–Crippen MR) is 111 cm³/mol. The third kappa shape index (κ3) is 7.93.